The lowest BCUT2D eigenvalue weighted by atomic mass is 10.3. The number of anilines is 1. The molecular weight excluding hydrogens is 182 g/mol. The number of hydrogen-bond donors (Lipinski definition) is 1. The quantitative estimate of drug-likeness (QED) is 0.803. The summed E-state index contributed by atoms with van der Waals surface area (Å²) in [6, 6.07) is 6.64. The number of ether oxygens (including phenoxy) is 1. The van der Waals surface area contributed by atoms with Gasteiger partial charge >= 0.3 is 6.09 Å². The zero-order chi connectivity index (χ0) is 10.6. The largest absolute Gasteiger partial charge is 0.491 e. The van der Waals surface area contributed by atoms with Crippen LogP contribution in [0.15, 0.2) is 24.3 Å². The van der Waals surface area contributed by atoms with Crippen LogP contribution < -0.4 is 10.1 Å². The Kier molecular flexibility index (Phi) is 3.34. The standard InChI is InChI=1S/C10H12NO3/c1-7(2)14-9-5-3-8(4-6-9)11-10(12)13/h3-7,11H,1-2H3. The second-order valence-electron chi connectivity index (χ2n) is 3.10. The van der Waals surface area contributed by atoms with Crippen LogP contribution in [0, 0.1) is 0 Å². The first-order valence-corrected chi connectivity index (χ1v) is 4.32. The maximum atomic E-state index is 10.2. The Morgan fingerprint density at radius 2 is 1.86 bits per heavy atom. The van der Waals surface area contributed by atoms with E-state index in [0.29, 0.717) is 11.4 Å². The van der Waals surface area contributed by atoms with E-state index < -0.39 is 6.09 Å². The minimum atomic E-state index is -1.32. The molecule has 1 N–H and O–H groups in total. The second-order valence-corrected chi connectivity index (χ2v) is 3.10. The molecule has 1 aromatic rings. The number of carbonyl (C=O) groups excluding carboxylic acids is 1. The number of nitrogens with one attached hydrogen (secondary N) is 1. The van der Waals surface area contributed by atoms with E-state index in [9.17, 15) is 9.90 Å². The number of amides is 1. The van der Waals surface area contributed by atoms with Crippen molar-refractivity contribution < 1.29 is 14.6 Å². The Labute approximate surface area is 82.5 Å². The van der Waals surface area contributed by atoms with Crippen molar-refractivity contribution in [1.82, 2.24) is 0 Å². The van der Waals surface area contributed by atoms with Gasteiger partial charge in [0.05, 0.1) is 6.10 Å². The molecule has 0 aliphatic carbocycles. The summed E-state index contributed by atoms with van der Waals surface area (Å²) in [5.74, 6) is 0.712. The molecule has 75 valence electrons. The summed E-state index contributed by atoms with van der Waals surface area (Å²) in [5.41, 5.74) is 0.473. The van der Waals surface area contributed by atoms with Crippen molar-refractivity contribution in [3.63, 3.8) is 0 Å². The SMILES string of the molecule is CC(C)Oc1ccc(NC([O])=O)cc1. The third-order valence-electron chi connectivity index (χ3n) is 1.47. The van der Waals surface area contributed by atoms with Gasteiger partial charge in [-0.3, -0.25) is 5.32 Å². The van der Waals surface area contributed by atoms with Crippen LogP contribution in [0.4, 0.5) is 10.5 Å². The molecule has 0 saturated heterocycles. The molecule has 0 heterocycles. The fourth-order valence-corrected chi connectivity index (χ4v) is 1.01. The summed E-state index contributed by atoms with van der Waals surface area (Å²) in [4.78, 5) is 10.2. The van der Waals surface area contributed by atoms with Gasteiger partial charge in [0.1, 0.15) is 5.75 Å². The molecule has 1 aromatic carbocycles. The van der Waals surface area contributed by atoms with E-state index in [1.54, 1.807) is 24.3 Å². The third-order valence-corrected chi connectivity index (χ3v) is 1.47. The van der Waals surface area contributed by atoms with Gasteiger partial charge in [0.2, 0.25) is 0 Å². The highest BCUT2D eigenvalue weighted by Gasteiger charge is 2.00. The highest BCUT2D eigenvalue weighted by atomic mass is 16.5. The van der Waals surface area contributed by atoms with Gasteiger partial charge in [-0.15, -0.1) is 0 Å². The van der Waals surface area contributed by atoms with Crippen molar-refractivity contribution in [2.45, 2.75) is 20.0 Å². The van der Waals surface area contributed by atoms with Gasteiger partial charge in [0.15, 0.2) is 0 Å². The zero-order valence-corrected chi connectivity index (χ0v) is 8.11. The van der Waals surface area contributed by atoms with Gasteiger partial charge < -0.3 is 4.74 Å². The number of carbonyl (C=O) groups is 1. The second kappa shape index (κ2) is 4.50. The molecule has 0 atom stereocenters. The predicted octanol–water partition coefficient (Wildman–Crippen LogP) is 2.44. The van der Waals surface area contributed by atoms with E-state index in [1.807, 2.05) is 13.8 Å². The van der Waals surface area contributed by atoms with Gasteiger partial charge in [-0.05, 0) is 38.1 Å². The van der Waals surface area contributed by atoms with Crippen molar-refractivity contribution in [1.29, 1.82) is 0 Å². The van der Waals surface area contributed by atoms with Crippen LogP contribution in [0.3, 0.4) is 0 Å². The highest BCUT2D eigenvalue weighted by Crippen LogP contribution is 2.16. The monoisotopic (exact) mass is 194 g/mol. The average molecular weight is 194 g/mol. The topological polar surface area (TPSA) is 58.2 Å². The Balaban J connectivity index is 2.63. The molecule has 1 amide bonds. The van der Waals surface area contributed by atoms with Crippen molar-refractivity contribution in [2.24, 2.45) is 0 Å². The lowest BCUT2D eigenvalue weighted by molar-refractivity contribution is 0.185. The fraction of sp³-hybridized carbons (Fsp3) is 0.300. The Bertz CT molecular complexity index is 306. The third kappa shape index (κ3) is 3.35. The fourth-order valence-electron chi connectivity index (χ4n) is 1.01. The minimum Gasteiger partial charge on any atom is -0.491 e. The molecule has 4 nitrogen and oxygen atoms in total. The highest BCUT2D eigenvalue weighted by molar-refractivity contribution is 5.82. The van der Waals surface area contributed by atoms with Crippen LogP contribution in [0.1, 0.15) is 13.8 Å². The summed E-state index contributed by atoms with van der Waals surface area (Å²) in [5, 5.41) is 12.3. The van der Waals surface area contributed by atoms with Crippen LogP contribution in [-0.4, -0.2) is 12.2 Å². The van der Waals surface area contributed by atoms with E-state index in [4.69, 9.17) is 4.74 Å². The molecule has 0 aromatic heterocycles. The maximum absolute atomic E-state index is 10.2. The van der Waals surface area contributed by atoms with E-state index in [-0.39, 0.29) is 6.10 Å². The van der Waals surface area contributed by atoms with Gasteiger partial charge in [-0.25, -0.2) is 9.90 Å². The minimum absolute atomic E-state index is 0.106. The summed E-state index contributed by atoms with van der Waals surface area (Å²) in [6.07, 6.45) is -1.21. The smallest absolute Gasteiger partial charge is 0.454 e. The van der Waals surface area contributed by atoms with Gasteiger partial charge in [0.25, 0.3) is 0 Å². The Morgan fingerprint density at radius 3 is 2.29 bits per heavy atom. The summed E-state index contributed by atoms with van der Waals surface area (Å²) in [7, 11) is 0. The Morgan fingerprint density at radius 1 is 1.29 bits per heavy atom. The normalized spacial score (nSPS) is 9.93. The first-order chi connectivity index (χ1) is 6.58. The maximum Gasteiger partial charge on any atom is 0.454 e. The van der Waals surface area contributed by atoms with E-state index in [1.165, 1.54) is 0 Å². The van der Waals surface area contributed by atoms with Crippen LogP contribution in [-0.2, 0) is 5.11 Å². The van der Waals surface area contributed by atoms with Crippen molar-refractivity contribution >= 4 is 11.8 Å². The molecule has 0 bridgehead atoms. The molecule has 0 aliphatic rings. The van der Waals surface area contributed by atoms with Crippen molar-refractivity contribution in [3.8, 4) is 5.75 Å². The molecular formula is C10H12NO3. The van der Waals surface area contributed by atoms with Crippen LogP contribution >= 0.6 is 0 Å². The molecule has 0 unspecified atom stereocenters. The van der Waals surface area contributed by atoms with E-state index >= 15 is 0 Å². The summed E-state index contributed by atoms with van der Waals surface area (Å²) in [6.45, 7) is 3.85. The van der Waals surface area contributed by atoms with Crippen LogP contribution in [0.2, 0.25) is 0 Å². The lowest BCUT2D eigenvalue weighted by Gasteiger charge is -2.09. The van der Waals surface area contributed by atoms with Crippen LogP contribution in [0.5, 0.6) is 5.75 Å². The first-order valence-electron chi connectivity index (χ1n) is 4.32. The molecule has 1 rings (SSSR count). The summed E-state index contributed by atoms with van der Waals surface area (Å²) < 4.78 is 5.38. The zero-order valence-electron chi connectivity index (χ0n) is 8.11. The molecule has 14 heavy (non-hydrogen) atoms. The predicted molar refractivity (Wildman–Crippen MR) is 51.9 cm³/mol. The van der Waals surface area contributed by atoms with E-state index in [2.05, 4.69) is 5.32 Å². The lowest BCUT2D eigenvalue weighted by Crippen LogP contribution is -2.07. The average Bonchev–Trinajstić information content (AvgIpc) is 2.06. The molecule has 0 saturated carbocycles. The van der Waals surface area contributed by atoms with Gasteiger partial charge in [0, 0.05) is 5.69 Å². The first kappa shape index (κ1) is 10.4. The number of hydrogen-bond acceptors (Lipinski definition) is 2. The van der Waals surface area contributed by atoms with Gasteiger partial charge in [-0.2, -0.15) is 0 Å². The molecule has 0 fully saturated rings. The van der Waals surface area contributed by atoms with Crippen LogP contribution in [0.25, 0.3) is 0 Å². The Hall–Kier alpha value is -1.71. The molecule has 0 aliphatic heterocycles. The molecule has 4 heteroatoms. The van der Waals surface area contributed by atoms with Crippen molar-refractivity contribution in [2.75, 3.05) is 5.32 Å². The number of benzene rings is 1. The molecule has 1 radical (unpaired) electrons. The van der Waals surface area contributed by atoms with Crippen molar-refractivity contribution in [3.05, 3.63) is 24.3 Å². The molecule has 0 spiro atoms. The number of rotatable bonds is 3. The van der Waals surface area contributed by atoms with Gasteiger partial charge in [-0.1, -0.05) is 0 Å². The summed E-state index contributed by atoms with van der Waals surface area (Å²) >= 11 is 0. The van der Waals surface area contributed by atoms with E-state index in [0.717, 1.165) is 0 Å².